The van der Waals surface area contributed by atoms with E-state index in [0.29, 0.717) is 16.6 Å². The Balaban J connectivity index is 2.26. The summed E-state index contributed by atoms with van der Waals surface area (Å²) in [5, 5.41) is 2.48. The summed E-state index contributed by atoms with van der Waals surface area (Å²) in [5.74, 6) is 0. The van der Waals surface area contributed by atoms with Crippen LogP contribution in [0.4, 0.5) is 0 Å². The summed E-state index contributed by atoms with van der Waals surface area (Å²) in [5.41, 5.74) is 12.7. The molecule has 0 amide bonds. The molecular weight excluding hydrogens is 339 g/mol. The van der Waals surface area contributed by atoms with Crippen LogP contribution in [0, 0.1) is 13.8 Å². The van der Waals surface area contributed by atoms with E-state index >= 15 is 0 Å². The van der Waals surface area contributed by atoms with Gasteiger partial charge >= 0.3 is 0 Å². The molecule has 0 aliphatic carbocycles. The minimum atomic E-state index is 0.578. The molecule has 4 heteroatoms. The van der Waals surface area contributed by atoms with Gasteiger partial charge in [0.15, 0.2) is 0 Å². The van der Waals surface area contributed by atoms with Crippen LogP contribution in [0.3, 0.4) is 0 Å². The minimum Gasteiger partial charge on any atom is -0.354 e. The quantitative estimate of drug-likeness (QED) is 0.535. The first-order chi connectivity index (χ1) is 11.5. The molecule has 24 heavy (non-hydrogen) atoms. The molecule has 0 atom stereocenters. The average Bonchev–Trinajstić information content (AvgIpc) is 2.95. The molecule has 2 aromatic carbocycles. The summed E-state index contributed by atoms with van der Waals surface area (Å²) in [6.07, 6.45) is 3.04. The first-order valence-corrected chi connectivity index (χ1v) is 9.05. The minimum absolute atomic E-state index is 0.578. The van der Waals surface area contributed by atoms with Gasteiger partial charge in [-0.2, -0.15) is 0 Å². The summed E-state index contributed by atoms with van der Waals surface area (Å²) >= 11 is 12.7. The molecule has 1 heterocycles. The molecule has 3 N–H and O–H groups in total. The molecule has 3 rings (SSSR count). The third kappa shape index (κ3) is 3.06. The molecule has 3 aromatic rings. The molecular formula is C20H22Cl2N2. The van der Waals surface area contributed by atoms with E-state index in [-0.39, 0.29) is 0 Å². The van der Waals surface area contributed by atoms with Crippen molar-refractivity contribution in [1.29, 1.82) is 0 Å². The van der Waals surface area contributed by atoms with Crippen molar-refractivity contribution in [3.05, 3.63) is 57.1 Å². The normalized spacial score (nSPS) is 11.4. The van der Waals surface area contributed by atoms with E-state index in [4.69, 9.17) is 28.9 Å². The van der Waals surface area contributed by atoms with Crippen molar-refractivity contribution in [2.45, 2.75) is 33.1 Å². The maximum atomic E-state index is 6.50. The molecule has 0 saturated heterocycles. The number of aromatic amines is 1. The van der Waals surface area contributed by atoms with E-state index in [9.17, 15) is 0 Å². The summed E-state index contributed by atoms with van der Waals surface area (Å²) < 4.78 is 0. The summed E-state index contributed by atoms with van der Waals surface area (Å²) in [4.78, 5) is 3.61. The third-order valence-corrected chi connectivity index (χ3v) is 5.40. The molecule has 0 aliphatic heterocycles. The Hall–Kier alpha value is -1.48. The predicted molar refractivity (Wildman–Crippen MR) is 105 cm³/mol. The number of nitrogens with one attached hydrogen (secondary N) is 1. The number of rotatable bonds is 5. The molecule has 0 spiro atoms. The fourth-order valence-electron chi connectivity index (χ4n) is 3.31. The van der Waals surface area contributed by atoms with Gasteiger partial charge in [-0.1, -0.05) is 47.5 Å². The second-order valence-corrected chi connectivity index (χ2v) is 7.06. The molecule has 0 unspecified atom stereocenters. The number of halogens is 2. The van der Waals surface area contributed by atoms with Gasteiger partial charge in [-0.3, -0.25) is 0 Å². The number of H-pyrrole nitrogens is 1. The summed E-state index contributed by atoms with van der Waals surface area (Å²) in [6.45, 7) is 5.00. The number of unbranched alkanes of at least 4 members (excludes halogenated alkanes) is 1. The third-order valence-electron chi connectivity index (χ3n) is 4.58. The Morgan fingerprint density at radius 2 is 1.75 bits per heavy atom. The second-order valence-electron chi connectivity index (χ2n) is 6.28. The number of hydrogen-bond donors (Lipinski definition) is 2. The zero-order chi connectivity index (χ0) is 17.3. The Morgan fingerprint density at radius 1 is 1.00 bits per heavy atom. The Labute approximate surface area is 153 Å². The van der Waals surface area contributed by atoms with Crippen LogP contribution in [0.15, 0.2) is 30.3 Å². The Bertz CT molecular complexity index is 881. The standard InChI is InChI=1S/C20H22Cl2N2/c1-12-9-10-13(2)19-17(12)14(6-3-4-11-23)20(24-19)15-7-5-8-16(21)18(15)22/h5,7-10,24H,3-4,6,11,23H2,1-2H3. The van der Waals surface area contributed by atoms with Crippen molar-refractivity contribution >= 4 is 34.1 Å². The molecule has 0 fully saturated rings. The van der Waals surface area contributed by atoms with Crippen LogP contribution in [0.5, 0.6) is 0 Å². The van der Waals surface area contributed by atoms with Gasteiger partial charge < -0.3 is 10.7 Å². The van der Waals surface area contributed by atoms with E-state index in [2.05, 4.69) is 31.0 Å². The van der Waals surface area contributed by atoms with Gasteiger partial charge in [0.05, 0.1) is 15.7 Å². The number of aromatic nitrogens is 1. The van der Waals surface area contributed by atoms with Crippen LogP contribution in [0.1, 0.15) is 29.5 Å². The number of aryl methyl sites for hydroxylation is 3. The fourth-order valence-corrected chi connectivity index (χ4v) is 3.70. The van der Waals surface area contributed by atoms with Crippen molar-refractivity contribution in [3.8, 4) is 11.3 Å². The predicted octanol–water partition coefficient (Wildman–Crippen LogP) is 6.04. The molecule has 0 saturated carbocycles. The average molecular weight is 361 g/mol. The van der Waals surface area contributed by atoms with Crippen LogP contribution in [-0.4, -0.2) is 11.5 Å². The van der Waals surface area contributed by atoms with Gasteiger partial charge in [0.1, 0.15) is 0 Å². The topological polar surface area (TPSA) is 41.8 Å². The van der Waals surface area contributed by atoms with Crippen LogP contribution in [0.25, 0.3) is 22.2 Å². The lowest BCUT2D eigenvalue weighted by Gasteiger charge is -2.09. The molecule has 0 aliphatic rings. The van der Waals surface area contributed by atoms with Crippen molar-refractivity contribution in [3.63, 3.8) is 0 Å². The first kappa shape index (κ1) is 17.3. The van der Waals surface area contributed by atoms with Gasteiger partial charge in [-0.15, -0.1) is 0 Å². The van der Waals surface area contributed by atoms with Crippen LogP contribution >= 0.6 is 23.2 Å². The zero-order valence-corrected chi connectivity index (χ0v) is 15.6. The number of nitrogens with two attached hydrogens (primary N) is 1. The van der Waals surface area contributed by atoms with Crippen LogP contribution < -0.4 is 5.73 Å². The molecule has 0 radical (unpaired) electrons. The van der Waals surface area contributed by atoms with Crippen molar-refractivity contribution in [2.24, 2.45) is 5.73 Å². The van der Waals surface area contributed by atoms with Crippen molar-refractivity contribution in [2.75, 3.05) is 6.54 Å². The number of hydrogen-bond acceptors (Lipinski definition) is 1. The SMILES string of the molecule is Cc1ccc(C)c2c(CCCCN)c(-c3cccc(Cl)c3Cl)[nH]c12. The maximum Gasteiger partial charge on any atom is 0.0685 e. The largest absolute Gasteiger partial charge is 0.354 e. The fraction of sp³-hybridized carbons (Fsp3) is 0.300. The highest BCUT2D eigenvalue weighted by Crippen LogP contribution is 2.39. The Morgan fingerprint density at radius 3 is 2.50 bits per heavy atom. The lowest BCUT2D eigenvalue weighted by atomic mass is 9.97. The number of benzene rings is 2. The number of fused-ring (bicyclic) bond motifs is 1. The molecule has 2 nitrogen and oxygen atoms in total. The highest BCUT2D eigenvalue weighted by atomic mass is 35.5. The van der Waals surface area contributed by atoms with Gasteiger partial charge in [0.25, 0.3) is 0 Å². The van der Waals surface area contributed by atoms with Gasteiger partial charge in [0.2, 0.25) is 0 Å². The Kier molecular flexibility index (Phi) is 5.19. The summed E-state index contributed by atoms with van der Waals surface area (Å²) in [6, 6.07) is 10.1. The van der Waals surface area contributed by atoms with Crippen molar-refractivity contribution < 1.29 is 0 Å². The first-order valence-electron chi connectivity index (χ1n) is 8.29. The highest BCUT2D eigenvalue weighted by Gasteiger charge is 2.18. The van der Waals surface area contributed by atoms with E-state index in [0.717, 1.165) is 30.5 Å². The van der Waals surface area contributed by atoms with E-state index in [1.54, 1.807) is 0 Å². The monoisotopic (exact) mass is 360 g/mol. The maximum absolute atomic E-state index is 6.50. The summed E-state index contributed by atoms with van der Waals surface area (Å²) in [7, 11) is 0. The van der Waals surface area contributed by atoms with Gasteiger partial charge in [-0.25, -0.2) is 0 Å². The highest BCUT2D eigenvalue weighted by molar-refractivity contribution is 6.43. The van der Waals surface area contributed by atoms with Crippen molar-refractivity contribution in [1.82, 2.24) is 4.98 Å². The van der Waals surface area contributed by atoms with Gasteiger partial charge in [-0.05, 0) is 62.4 Å². The van der Waals surface area contributed by atoms with E-state index in [1.807, 2.05) is 18.2 Å². The molecule has 1 aromatic heterocycles. The smallest absolute Gasteiger partial charge is 0.0685 e. The van der Waals surface area contributed by atoms with Gasteiger partial charge in [0, 0.05) is 16.5 Å². The lowest BCUT2D eigenvalue weighted by Crippen LogP contribution is -1.99. The van der Waals surface area contributed by atoms with Crippen LogP contribution in [0.2, 0.25) is 10.0 Å². The van der Waals surface area contributed by atoms with Crippen LogP contribution in [-0.2, 0) is 6.42 Å². The molecule has 126 valence electrons. The zero-order valence-electron chi connectivity index (χ0n) is 14.0. The second kappa shape index (κ2) is 7.18. The lowest BCUT2D eigenvalue weighted by molar-refractivity contribution is 0.748. The van der Waals surface area contributed by atoms with E-state index < -0.39 is 0 Å². The van der Waals surface area contributed by atoms with E-state index in [1.165, 1.54) is 27.6 Å². The molecule has 0 bridgehead atoms.